The van der Waals surface area contributed by atoms with Crippen LogP contribution in [0.25, 0.3) is 0 Å². The van der Waals surface area contributed by atoms with Gasteiger partial charge in [0.05, 0.1) is 26.0 Å². The molecule has 0 unspecified atom stereocenters. The summed E-state index contributed by atoms with van der Waals surface area (Å²) in [6, 6.07) is 11.9. The Morgan fingerprint density at radius 2 is 1.76 bits per heavy atom. The minimum absolute atomic E-state index is 0.238. The molecule has 0 atom stereocenters. The van der Waals surface area contributed by atoms with E-state index in [1.807, 2.05) is 24.3 Å². The molecule has 0 aromatic heterocycles. The summed E-state index contributed by atoms with van der Waals surface area (Å²) in [5.41, 5.74) is 2.93. The van der Waals surface area contributed by atoms with Gasteiger partial charge in [-0.3, -0.25) is 4.99 Å². The van der Waals surface area contributed by atoms with E-state index in [1.54, 1.807) is 13.3 Å². The number of hydrogen-bond donors (Lipinski definition) is 0. The lowest BCUT2D eigenvalue weighted by molar-refractivity contribution is 0.122. The molecule has 2 aliphatic heterocycles. The van der Waals surface area contributed by atoms with E-state index in [0.717, 1.165) is 37.6 Å². The minimum atomic E-state index is 0.238. The zero-order valence-corrected chi connectivity index (χ0v) is 14.1. The summed E-state index contributed by atoms with van der Waals surface area (Å²) in [4.78, 5) is 6.87. The van der Waals surface area contributed by atoms with Gasteiger partial charge < -0.3 is 23.8 Å². The Hall–Kier alpha value is -2.73. The highest BCUT2D eigenvalue weighted by Crippen LogP contribution is 2.37. The molecule has 25 heavy (non-hydrogen) atoms. The summed E-state index contributed by atoms with van der Waals surface area (Å²) in [7, 11) is 1.63. The normalized spacial score (nSPS) is 16.4. The van der Waals surface area contributed by atoms with Gasteiger partial charge in [0.2, 0.25) is 6.79 Å². The highest BCUT2D eigenvalue weighted by Gasteiger charge is 2.17. The smallest absolute Gasteiger partial charge is 0.231 e. The molecule has 4 rings (SSSR count). The van der Waals surface area contributed by atoms with E-state index in [4.69, 9.17) is 18.9 Å². The van der Waals surface area contributed by atoms with Crippen LogP contribution in [-0.2, 0) is 4.74 Å². The van der Waals surface area contributed by atoms with E-state index < -0.39 is 0 Å². The lowest BCUT2D eigenvalue weighted by Crippen LogP contribution is -2.36. The van der Waals surface area contributed by atoms with Crippen LogP contribution in [0.3, 0.4) is 0 Å². The molecule has 2 aliphatic rings. The largest absolute Gasteiger partial charge is 0.496 e. The van der Waals surface area contributed by atoms with Crippen molar-refractivity contribution in [3.63, 3.8) is 0 Å². The van der Waals surface area contributed by atoms with E-state index in [-0.39, 0.29) is 6.79 Å². The number of aliphatic imine (C=N–C) groups is 1. The second-order valence-corrected chi connectivity index (χ2v) is 5.82. The predicted octanol–water partition coefficient (Wildman–Crippen LogP) is 3.01. The van der Waals surface area contributed by atoms with Crippen molar-refractivity contribution in [1.82, 2.24) is 0 Å². The van der Waals surface area contributed by atoms with E-state index in [1.165, 1.54) is 5.69 Å². The summed E-state index contributed by atoms with van der Waals surface area (Å²) in [6.07, 6.45) is 1.78. The molecule has 2 aromatic rings. The van der Waals surface area contributed by atoms with E-state index >= 15 is 0 Å². The van der Waals surface area contributed by atoms with Gasteiger partial charge in [0.1, 0.15) is 5.75 Å². The van der Waals surface area contributed by atoms with Crippen molar-refractivity contribution in [2.45, 2.75) is 0 Å². The molecule has 0 N–H and O–H groups in total. The van der Waals surface area contributed by atoms with Crippen LogP contribution in [0.1, 0.15) is 5.56 Å². The molecule has 1 saturated heterocycles. The summed E-state index contributed by atoms with van der Waals surface area (Å²) in [5, 5.41) is 0. The number of rotatable bonds is 4. The second kappa shape index (κ2) is 7.03. The third kappa shape index (κ3) is 3.39. The first-order chi connectivity index (χ1) is 12.3. The Labute approximate surface area is 146 Å². The topological polar surface area (TPSA) is 52.5 Å². The number of hydrogen-bond acceptors (Lipinski definition) is 6. The molecule has 0 aliphatic carbocycles. The predicted molar refractivity (Wildman–Crippen MR) is 95.8 cm³/mol. The highest BCUT2D eigenvalue weighted by atomic mass is 16.7. The lowest BCUT2D eigenvalue weighted by Gasteiger charge is -2.28. The van der Waals surface area contributed by atoms with Crippen molar-refractivity contribution in [1.29, 1.82) is 0 Å². The van der Waals surface area contributed by atoms with Crippen LogP contribution >= 0.6 is 0 Å². The maximum Gasteiger partial charge on any atom is 0.231 e. The fraction of sp³-hybridized carbons (Fsp3) is 0.316. The maximum absolute atomic E-state index is 5.42. The molecule has 1 fully saturated rings. The number of ether oxygens (including phenoxy) is 4. The van der Waals surface area contributed by atoms with Gasteiger partial charge in [0, 0.05) is 36.6 Å². The van der Waals surface area contributed by atoms with Gasteiger partial charge in [0.15, 0.2) is 11.5 Å². The Morgan fingerprint density at radius 3 is 2.48 bits per heavy atom. The number of methoxy groups -OCH3 is 1. The summed E-state index contributed by atoms with van der Waals surface area (Å²) in [5.74, 6) is 2.12. The zero-order chi connectivity index (χ0) is 17.1. The van der Waals surface area contributed by atoms with Crippen molar-refractivity contribution in [2.24, 2.45) is 4.99 Å². The quantitative estimate of drug-likeness (QED) is 0.801. The van der Waals surface area contributed by atoms with Crippen LogP contribution in [0, 0.1) is 0 Å². The van der Waals surface area contributed by atoms with Crippen LogP contribution in [0.5, 0.6) is 17.2 Å². The highest BCUT2D eigenvalue weighted by molar-refractivity contribution is 5.87. The Balaban J connectivity index is 1.52. The van der Waals surface area contributed by atoms with Gasteiger partial charge in [0.25, 0.3) is 0 Å². The minimum Gasteiger partial charge on any atom is -0.496 e. The number of morpholine rings is 1. The van der Waals surface area contributed by atoms with Crippen molar-refractivity contribution < 1.29 is 18.9 Å². The average molecular weight is 340 g/mol. The fourth-order valence-electron chi connectivity index (χ4n) is 2.93. The fourth-order valence-corrected chi connectivity index (χ4v) is 2.93. The lowest BCUT2D eigenvalue weighted by atomic mass is 10.2. The van der Waals surface area contributed by atoms with Crippen LogP contribution in [0.15, 0.2) is 41.4 Å². The van der Waals surface area contributed by atoms with Crippen LogP contribution in [0.2, 0.25) is 0 Å². The Morgan fingerprint density at radius 1 is 1.04 bits per heavy atom. The Bertz CT molecular complexity index is 768. The van der Waals surface area contributed by atoms with E-state index in [2.05, 4.69) is 22.0 Å². The molecule has 130 valence electrons. The van der Waals surface area contributed by atoms with Gasteiger partial charge in [-0.1, -0.05) is 0 Å². The van der Waals surface area contributed by atoms with Crippen LogP contribution in [0.4, 0.5) is 11.4 Å². The van der Waals surface area contributed by atoms with Gasteiger partial charge in [-0.05, 0) is 30.3 Å². The van der Waals surface area contributed by atoms with Crippen molar-refractivity contribution in [2.75, 3.05) is 45.1 Å². The number of nitrogens with zero attached hydrogens (tertiary/aromatic N) is 2. The molecule has 0 bridgehead atoms. The van der Waals surface area contributed by atoms with Gasteiger partial charge in [-0.25, -0.2) is 0 Å². The van der Waals surface area contributed by atoms with E-state index in [0.29, 0.717) is 17.2 Å². The first-order valence-electron chi connectivity index (χ1n) is 8.28. The molecule has 0 spiro atoms. The zero-order valence-electron chi connectivity index (χ0n) is 14.1. The molecule has 0 amide bonds. The maximum atomic E-state index is 5.42. The molecule has 0 saturated carbocycles. The number of benzene rings is 2. The molecule has 2 heterocycles. The average Bonchev–Trinajstić information content (AvgIpc) is 3.14. The van der Waals surface area contributed by atoms with E-state index in [9.17, 15) is 0 Å². The third-order valence-corrected chi connectivity index (χ3v) is 4.30. The van der Waals surface area contributed by atoms with Gasteiger partial charge in [-0.2, -0.15) is 0 Å². The molecular formula is C19H20N2O4. The molecule has 6 heteroatoms. The van der Waals surface area contributed by atoms with Crippen molar-refractivity contribution >= 4 is 17.6 Å². The first kappa shape index (κ1) is 15.8. The SMILES string of the molecule is COc1cc2c(cc1C=Nc1ccc(N3CCOCC3)cc1)OCO2. The van der Waals surface area contributed by atoms with Crippen molar-refractivity contribution in [3.05, 3.63) is 42.0 Å². The van der Waals surface area contributed by atoms with Gasteiger partial charge in [-0.15, -0.1) is 0 Å². The summed E-state index contributed by atoms with van der Waals surface area (Å²) >= 11 is 0. The molecule has 6 nitrogen and oxygen atoms in total. The van der Waals surface area contributed by atoms with Crippen LogP contribution < -0.4 is 19.1 Å². The third-order valence-electron chi connectivity index (χ3n) is 4.30. The number of fused-ring (bicyclic) bond motifs is 1. The number of anilines is 1. The second-order valence-electron chi connectivity index (χ2n) is 5.82. The standard InChI is InChI=1S/C19H20N2O4/c1-22-17-11-19-18(24-13-25-19)10-14(17)12-20-15-2-4-16(5-3-15)21-6-8-23-9-7-21/h2-5,10-12H,6-9,13H2,1H3. The first-order valence-corrected chi connectivity index (χ1v) is 8.28. The summed E-state index contributed by atoms with van der Waals surface area (Å²) < 4.78 is 21.6. The summed E-state index contributed by atoms with van der Waals surface area (Å²) in [6.45, 7) is 3.66. The molecular weight excluding hydrogens is 320 g/mol. The Kier molecular flexibility index (Phi) is 4.43. The van der Waals surface area contributed by atoms with Gasteiger partial charge >= 0.3 is 0 Å². The van der Waals surface area contributed by atoms with Crippen LogP contribution in [-0.4, -0.2) is 46.4 Å². The monoisotopic (exact) mass is 340 g/mol. The molecule has 0 radical (unpaired) electrons. The van der Waals surface area contributed by atoms with Crippen molar-refractivity contribution in [3.8, 4) is 17.2 Å². The molecule has 2 aromatic carbocycles.